The monoisotopic (exact) mass is 174 g/mol. The lowest BCUT2D eigenvalue weighted by atomic mass is 10.4. The minimum absolute atomic E-state index is 0.107. The van der Waals surface area contributed by atoms with Crippen molar-refractivity contribution in [2.24, 2.45) is 0 Å². The fraction of sp³-hybridized carbons (Fsp3) is 0.429. The molecule has 0 heterocycles. The second kappa shape index (κ2) is 5.31. The van der Waals surface area contributed by atoms with Gasteiger partial charge < -0.3 is 14.6 Å². The van der Waals surface area contributed by atoms with Crippen LogP contribution in [0.5, 0.6) is 0 Å². The Kier molecular flexibility index (Phi) is 4.71. The normalized spacial score (nSPS) is 8.83. The van der Waals surface area contributed by atoms with E-state index < -0.39 is 12.1 Å². The van der Waals surface area contributed by atoms with Crippen molar-refractivity contribution >= 4 is 12.1 Å². The third-order valence-electron chi connectivity index (χ3n) is 0.836. The molecular weight excluding hydrogens is 164 g/mol. The third-order valence-corrected chi connectivity index (χ3v) is 0.836. The number of ether oxygens (including phenoxy) is 2. The standard InChI is InChI=1S/C7H10O5/c1-5(2)6(9)12-7(10)11-4-3-8/h8H,1,3-4H2,2H3. The highest BCUT2D eigenvalue weighted by Gasteiger charge is 2.11. The van der Waals surface area contributed by atoms with Crippen molar-refractivity contribution in [2.45, 2.75) is 6.92 Å². The van der Waals surface area contributed by atoms with Crippen LogP contribution in [0, 0.1) is 0 Å². The molecule has 0 aromatic carbocycles. The number of rotatable bonds is 3. The smallest absolute Gasteiger partial charge is 0.431 e. The Morgan fingerprint density at radius 3 is 2.50 bits per heavy atom. The van der Waals surface area contributed by atoms with Crippen molar-refractivity contribution in [3.05, 3.63) is 12.2 Å². The number of carbonyl (C=O) groups is 2. The first kappa shape index (κ1) is 10.6. The van der Waals surface area contributed by atoms with Crippen LogP contribution in [-0.2, 0) is 14.3 Å². The highest BCUT2D eigenvalue weighted by atomic mass is 16.7. The van der Waals surface area contributed by atoms with E-state index in [-0.39, 0.29) is 18.8 Å². The second-order valence-electron chi connectivity index (χ2n) is 1.99. The number of hydrogen-bond acceptors (Lipinski definition) is 5. The first-order valence-electron chi connectivity index (χ1n) is 3.23. The van der Waals surface area contributed by atoms with Crippen LogP contribution >= 0.6 is 0 Å². The summed E-state index contributed by atoms with van der Waals surface area (Å²) in [6, 6.07) is 0. The largest absolute Gasteiger partial charge is 0.516 e. The molecule has 0 saturated carbocycles. The van der Waals surface area contributed by atoms with Crippen LogP contribution in [0.2, 0.25) is 0 Å². The highest BCUT2D eigenvalue weighted by molar-refractivity contribution is 5.93. The molecule has 5 heteroatoms. The lowest BCUT2D eigenvalue weighted by Crippen LogP contribution is -2.15. The summed E-state index contributed by atoms with van der Waals surface area (Å²) in [7, 11) is 0. The van der Waals surface area contributed by atoms with Crippen LogP contribution < -0.4 is 0 Å². The highest BCUT2D eigenvalue weighted by Crippen LogP contribution is 1.94. The third kappa shape index (κ3) is 4.45. The molecule has 0 aromatic rings. The first-order valence-corrected chi connectivity index (χ1v) is 3.23. The molecule has 0 aliphatic rings. The quantitative estimate of drug-likeness (QED) is 0.377. The van der Waals surface area contributed by atoms with Crippen molar-refractivity contribution in [3.63, 3.8) is 0 Å². The predicted molar refractivity (Wildman–Crippen MR) is 39.3 cm³/mol. The summed E-state index contributed by atoms with van der Waals surface area (Å²) in [5, 5.41) is 8.22. The summed E-state index contributed by atoms with van der Waals surface area (Å²) in [5.74, 6) is -0.835. The van der Waals surface area contributed by atoms with Crippen molar-refractivity contribution in [3.8, 4) is 0 Å². The van der Waals surface area contributed by atoms with E-state index >= 15 is 0 Å². The van der Waals surface area contributed by atoms with Crippen molar-refractivity contribution in [1.29, 1.82) is 0 Å². The number of aliphatic hydroxyl groups excluding tert-OH is 1. The van der Waals surface area contributed by atoms with E-state index in [0.29, 0.717) is 0 Å². The predicted octanol–water partition coefficient (Wildman–Crippen LogP) is 0.235. The van der Waals surface area contributed by atoms with Crippen molar-refractivity contribution in [2.75, 3.05) is 13.2 Å². The Balaban J connectivity index is 3.69. The molecule has 0 fully saturated rings. The maximum atomic E-state index is 10.6. The maximum Gasteiger partial charge on any atom is 0.516 e. The Morgan fingerprint density at radius 1 is 1.50 bits per heavy atom. The van der Waals surface area contributed by atoms with Gasteiger partial charge in [-0.05, 0) is 6.92 Å². The van der Waals surface area contributed by atoms with E-state index in [1.165, 1.54) is 6.92 Å². The number of carbonyl (C=O) groups excluding carboxylic acids is 2. The molecule has 0 bridgehead atoms. The zero-order chi connectivity index (χ0) is 9.56. The molecule has 0 radical (unpaired) electrons. The molecule has 0 saturated heterocycles. The Bertz CT molecular complexity index is 196. The van der Waals surface area contributed by atoms with Gasteiger partial charge in [0.05, 0.1) is 6.61 Å². The lowest BCUT2D eigenvalue weighted by molar-refractivity contribution is -0.135. The summed E-state index contributed by atoms with van der Waals surface area (Å²) in [6.07, 6.45) is -1.13. The molecule has 0 rings (SSSR count). The summed E-state index contributed by atoms with van der Waals surface area (Å²) in [4.78, 5) is 21.1. The van der Waals surface area contributed by atoms with Gasteiger partial charge in [-0.25, -0.2) is 9.59 Å². The van der Waals surface area contributed by atoms with Crippen LogP contribution in [0.3, 0.4) is 0 Å². The minimum atomic E-state index is -1.13. The fourth-order valence-electron chi connectivity index (χ4n) is 0.321. The molecule has 0 spiro atoms. The van der Waals surface area contributed by atoms with E-state index in [1.54, 1.807) is 0 Å². The topological polar surface area (TPSA) is 72.8 Å². The van der Waals surface area contributed by atoms with E-state index in [2.05, 4.69) is 16.1 Å². The van der Waals surface area contributed by atoms with E-state index in [4.69, 9.17) is 5.11 Å². The second-order valence-corrected chi connectivity index (χ2v) is 1.99. The summed E-state index contributed by atoms with van der Waals surface area (Å²) < 4.78 is 8.34. The van der Waals surface area contributed by atoms with Crippen molar-refractivity contribution in [1.82, 2.24) is 0 Å². The van der Waals surface area contributed by atoms with Gasteiger partial charge in [-0.3, -0.25) is 0 Å². The van der Waals surface area contributed by atoms with Gasteiger partial charge >= 0.3 is 12.1 Å². The molecule has 1 N–H and O–H groups in total. The van der Waals surface area contributed by atoms with Crippen molar-refractivity contribution < 1.29 is 24.2 Å². The van der Waals surface area contributed by atoms with Gasteiger partial charge in [0.15, 0.2) is 0 Å². The van der Waals surface area contributed by atoms with Crippen LogP contribution in [0.4, 0.5) is 4.79 Å². The first-order chi connectivity index (χ1) is 5.57. The van der Waals surface area contributed by atoms with E-state index in [0.717, 1.165) is 0 Å². The maximum absolute atomic E-state index is 10.6. The van der Waals surface area contributed by atoms with Crippen LogP contribution in [0.15, 0.2) is 12.2 Å². The lowest BCUT2D eigenvalue weighted by Gasteiger charge is -2.01. The molecule has 0 atom stereocenters. The van der Waals surface area contributed by atoms with Gasteiger partial charge in [0, 0.05) is 5.57 Å². The van der Waals surface area contributed by atoms with Gasteiger partial charge in [-0.1, -0.05) is 6.58 Å². The van der Waals surface area contributed by atoms with Gasteiger partial charge in [-0.15, -0.1) is 0 Å². The molecule has 0 amide bonds. The Hall–Kier alpha value is -1.36. The fourth-order valence-corrected chi connectivity index (χ4v) is 0.321. The number of esters is 1. The Morgan fingerprint density at radius 2 is 2.08 bits per heavy atom. The summed E-state index contributed by atoms with van der Waals surface area (Å²) >= 11 is 0. The zero-order valence-electron chi connectivity index (χ0n) is 6.70. The van der Waals surface area contributed by atoms with Gasteiger partial charge in [0.1, 0.15) is 6.61 Å². The zero-order valence-corrected chi connectivity index (χ0v) is 6.70. The molecule has 0 aliphatic heterocycles. The van der Waals surface area contributed by atoms with Gasteiger partial charge in [0.25, 0.3) is 0 Å². The Labute approximate surface area is 69.6 Å². The van der Waals surface area contributed by atoms with Crippen LogP contribution in [-0.4, -0.2) is 30.4 Å². The van der Waals surface area contributed by atoms with Crippen LogP contribution in [0.25, 0.3) is 0 Å². The minimum Gasteiger partial charge on any atom is -0.431 e. The van der Waals surface area contributed by atoms with E-state index in [1.807, 2.05) is 0 Å². The molecule has 0 unspecified atom stereocenters. The molecule has 5 nitrogen and oxygen atoms in total. The van der Waals surface area contributed by atoms with Gasteiger partial charge in [0.2, 0.25) is 0 Å². The number of aliphatic hydroxyl groups is 1. The summed E-state index contributed by atoms with van der Waals surface area (Å²) in [6.45, 7) is 4.16. The number of hydrogen-bond donors (Lipinski definition) is 1. The molecule has 0 aliphatic carbocycles. The average Bonchev–Trinajstić information content (AvgIpc) is 2.00. The molecule has 0 aromatic heterocycles. The van der Waals surface area contributed by atoms with E-state index in [9.17, 15) is 9.59 Å². The van der Waals surface area contributed by atoms with Gasteiger partial charge in [-0.2, -0.15) is 0 Å². The molecular formula is C7H10O5. The SMILES string of the molecule is C=C(C)C(=O)OC(=O)OCCO. The molecule has 68 valence electrons. The summed E-state index contributed by atoms with van der Waals surface area (Å²) in [5.41, 5.74) is 0.107. The average molecular weight is 174 g/mol. The molecule has 12 heavy (non-hydrogen) atoms. The van der Waals surface area contributed by atoms with Crippen LogP contribution in [0.1, 0.15) is 6.92 Å².